The minimum atomic E-state index is -0.869. The number of benzene rings is 3. The number of carbonyl (C=O) groups is 2. The molecule has 3 aromatic carbocycles. The minimum absolute atomic E-state index is 0.215. The average Bonchev–Trinajstić information content (AvgIpc) is 3.06. The minimum Gasteiger partial charge on any atom is -0.458 e. The third-order valence-corrected chi connectivity index (χ3v) is 4.51. The SMILES string of the molecule is CC1=CC(O/C=C(/C(=O)Oc2cccc3ccccc23)c2ccccc2)OC1=O. The van der Waals surface area contributed by atoms with Crippen molar-refractivity contribution < 1.29 is 23.8 Å². The molecular weight excluding hydrogens is 368 g/mol. The number of ether oxygens (including phenoxy) is 3. The Morgan fingerprint density at radius 3 is 2.45 bits per heavy atom. The monoisotopic (exact) mass is 386 g/mol. The molecule has 0 amide bonds. The summed E-state index contributed by atoms with van der Waals surface area (Å²) < 4.78 is 16.3. The van der Waals surface area contributed by atoms with Crippen LogP contribution in [0.3, 0.4) is 0 Å². The van der Waals surface area contributed by atoms with Gasteiger partial charge in [-0.05, 0) is 23.9 Å². The summed E-state index contributed by atoms with van der Waals surface area (Å²) in [6.07, 6.45) is 1.96. The zero-order valence-electron chi connectivity index (χ0n) is 15.7. The van der Waals surface area contributed by atoms with Crippen molar-refractivity contribution in [3.05, 3.63) is 96.3 Å². The molecule has 1 aliphatic rings. The zero-order chi connectivity index (χ0) is 20.2. The lowest BCUT2D eigenvalue weighted by atomic mass is 10.1. The van der Waals surface area contributed by atoms with Gasteiger partial charge in [0.25, 0.3) is 6.29 Å². The van der Waals surface area contributed by atoms with Crippen molar-refractivity contribution in [2.45, 2.75) is 13.2 Å². The lowest BCUT2D eigenvalue weighted by Crippen LogP contribution is -2.14. The van der Waals surface area contributed by atoms with Crippen molar-refractivity contribution in [1.29, 1.82) is 0 Å². The second-order valence-electron chi connectivity index (χ2n) is 6.52. The molecule has 1 heterocycles. The van der Waals surface area contributed by atoms with Crippen LogP contribution in [0.15, 0.2) is 90.7 Å². The Hall–Kier alpha value is -3.86. The first kappa shape index (κ1) is 18.5. The van der Waals surface area contributed by atoms with Gasteiger partial charge in [0, 0.05) is 17.0 Å². The zero-order valence-corrected chi connectivity index (χ0v) is 15.7. The molecule has 0 aliphatic carbocycles. The quantitative estimate of drug-likeness (QED) is 0.277. The van der Waals surface area contributed by atoms with Crippen molar-refractivity contribution in [3.63, 3.8) is 0 Å². The largest absolute Gasteiger partial charge is 0.458 e. The summed E-state index contributed by atoms with van der Waals surface area (Å²) in [6.45, 7) is 1.64. The van der Waals surface area contributed by atoms with Crippen molar-refractivity contribution in [3.8, 4) is 5.75 Å². The molecule has 0 bridgehead atoms. The summed E-state index contributed by atoms with van der Waals surface area (Å²) in [5, 5.41) is 1.80. The fourth-order valence-electron chi connectivity index (χ4n) is 3.00. The molecule has 1 aliphatic heterocycles. The fraction of sp³-hybridized carbons (Fsp3) is 0.0833. The van der Waals surface area contributed by atoms with Crippen molar-refractivity contribution in [2.24, 2.45) is 0 Å². The highest BCUT2D eigenvalue weighted by Gasteiger charge is 2.24. The number of cyclic esters (lactones) is 1. The second-order valence-corrected chi connectivity index (χ2v) is 6.52. The van der Waals surface area contributed by atoms with Crippen molar-refractivity contribution in [1.82, 2.24) is 0 Å². The molecule has 0 saturated heterocycles. The van der Waals surface area contributed by atoms with Gasteiger partial charge in [-0.3, -0.25) is 0 Å². The maximum absolute atomic E-state index is 13.0. The fourth-order valence-corrected chi connectivity index (χ4v) is 3.00. The summed E-state index contributed by atoms with van der Waals surface area (Å²) in [5.74, 6) is -0.557. The Morgan fingerprint density at radius 2 is 1.69 bits per heavy atom. The molecule has 0 spiro atoms. The predicted molar refractivity (Wildman–Crippen MR) is 109 cm³/mol. The predicted octanol–water partition coefficient (Wildman–Crippen LogP) is 4.63. The number of fused-ring (bicyclic) bond motifs is 1. The molecule has 0 aromatic heterocycles. The molecule has 144 valence electrons. The standard InChI is InChI=1S/C24H18O5/c1-16-14-22(29-23(16)25)27-15-20(18-8-3-2-4-9-18)24(26)28-21-13-7-11-17-10-5-6-12-19(17)21/h2-15,22H,1H3/b20-15+. The van der Waals surface area contributed by atoms with E-state index in [-0.39, 0.29) is 5.57 Å². The Labute approximate surface area is 167 Å². The number of hydrogen-bond donors (Lipinski definition) is 0. The molecule has 3 aromatic rings. The molecule has 0 N–H and O–H groups in total. The molecule has 0 fully saturated rings. The van der Waals surface area contributed by atoms with Crippen LogP contribution in [-0.4, -0.2) is 18.2 Å². The van der Waals surface area contributed by atoms with Crippen LogP contribution in [0, 0.1) is 0 Å². The van der Waals surface area contributed by atoms with Gasteiger partial charge in [0.15, 0.2) is 0 Å². The Kier molecular flexibility index (Phi) is 5.12. The van der Waals surface area contributed by atoms with Gasteiger partial charge in [0.2, 0.25) is 0 Å². The Balaban J connectivity index is 1.63. The first-order chi connectivity index (χ1) is 14.1. The molecule has 1 unspecified atom stereocenters. The van der Waals surface area contributed by atoms with Crippen molar-refractivity contribution in [2.75, 3.05) is 0 Å². The van der Waals surface area contributed by atoms with E-state index in [0.29, 0.717) is 16.9 Å². The number of hydrogen-bond acceptors (Lipinski definition) is 5. The maximum Gasteiger partial charge on any atom is 0.347 e. The van der Waals surface area contributed by atoms with Gasteiger partial charge in [0.1, 0.15) is 17.6 Å². The Morgan fingerprint density at radius 1 is 0.966 bits per heavy atom. The van der Waals surface area contributed by atoms with Gasteiger partial charge < -0.3 is 14.2 Å². The van der Waals surface area contributed by atoms with E-state index in [4.69, 9.17) is 14.2 Å². The van der Waals surface area contributed by atoms with Crippen LogP contribution in [0.25, 0.3) is 16.3 Å². The van der Waals surface area contributed by atoms with Gasteiger partial charge in [-0.1, -0.05) is 66.7 Å². The van der Waals surface area contributed by atoms with E-state index in [1.54, 1.807) is 31.2 Å². The first-order valence-electron chi connectivity index (χ1n) is 9.12. The normalized spacial score (nSPS) is 16.3. The average molecular weight is 386 g/mol. The van der Waals surface area contributed by atoms with E-state index in [2.05, 4.69) is 0 Å². The summed E-state index contributed by atoms with van der Waals surface area (Å²) >= 11 is 0. The Bertz CT molecular complexity index is 1120. The second kappa shape index (κ2) is 8.02. The molecule has 0 saturated carbocycles. The molecule has 1 atom stereocenters. The summed E-state index contributed by atoms with van der Waals surface area (Å²) in [4.78, 5) is 24.5. The van der Waals surface area contributed by atoms with E-state index in [9.17, 15) is 9.59 Å². The molecule has 5 heteroatoms. The molecule has 5 nitrogen and oxygen atoms in total. The van der Waals surface area contributed by atoms with E-state index in [0.717, 1.165) is 10.8 Å². The van der Waals surface area contributed by atoms with Gasteiger partial charge in [0.05, 0.1) is 0 Å². The smallest absolute Gasteiger partial charge is 0.347 e. The highest BCUT2D eigenvalue weighted by atomic mass is 16.7. The lowest BCUT2D eigenvalue weighted by molar-refractivity contribution is -0.152. The van der Waals surface area contributed by atoms with Crippen LogP contribution in [0.2, 0.25) is 0 Å². The van der Waals surface area contributed by atoms with Crippen LogP contribution in [0.4, 0.5) is 0 Å². The van der Waals surface area contributed by atoms with E-state index < -0.39 is 18.2 Å². The molecule has 29 heavy (non-hydrogen) atoms. The number of rotatable bonds is 5. The lowest BCUT2D eigenvalue weighted by Gasteiger charge is -2.12. The molecular formula is C24H18O5. The van der Waals surface area contributed by atoms with Gasteiger partial charge >= 0.3 is 11.9 Å². The maximum atomic E-state index is 13.0. The third kappa shape index (κ3) is 4.04. The van der Waals surface area contributed by atoms with E-state index >= 15 is 0 Å². The highest BCUT2D eigenvalue weighted by Crippen LogP contribution is 2.27. The summed E-state index contributed by atoms with van der Waals surface area (Å²) in [5.41, 5.74) is 1.30. The van der Waals surface area contributed by atoms with Crippen molar-refractivity contribution >= 4 is 28.3 Å². The van der Waals surface area contributed by atoms with Crippen LogP contribution < -0.4 is 4.74 Å². The number of carbonyl (C=O) groups excluding carboxylic acids is 2. The summed E-state index contributed by atoms with van der Waals surface area (Å²) in [6, 6.07) is 22.2. The van der Waals surface area contributed by atoms with Crippen LogP contribution in [0.5, 0.6) is 5.75 Å². The third-order valence-electron chi connectivity index (χ3n) is 4.51. The van der Waals surface area contributed by atoms with Gasteiger partial charge in [-0.25, -0.2) is 9.59 Å². The first-order valence-corrected chi connectivity index (χ1v) is 9.12. The van der Waals surface area contributed by atoms with E-state index in [1.807, 2.05) is 54.6 Å². The van der Waals surface area contributed by atoms with Gasteiger partial charge in [-0.2, -0.15) is 0 Å². The van der Waals surface area contributed by atoms with Crippen LogP contribution in [-0.2, 0) is 19.1 Å². The van der Waals surface area contributed by atoms with E-state index in [1.165, 1.54) is 6.26 Å². The topological polar surface area (TPSA) is 61.8 Å². The van der Waals surface area contributed by atoms with Gasteiger partial charge in [-0.15, -0.1) is 0 Å². The number of esters is 2. The van der Waals surface area contributed by atoms with Crippen LogP contribution in [0.1, 0.15) is 12.5 Å². The summed E-state index contributed by atoms with van der Waals surface area (Å²) in [7, 11) is 0. The van der Waals surface area contributed by atoms with Crippen LogP contribution >= 0.6 is 0 Å². The molecule has 4 rings (SSSR count). The highest BCUT2D eigenvalue weighted by molar-refractivity contribution is 6.17. The molecule has 0 radical (unpaired) electrons.